The molecule has 30 heavy (non-hydrogen) atoms. The molecule has 1 aromatic carbocycles. The SMILES string of the molecule is CN=C(NCC(c1ccc(C)cc1)N1CCOCC1)NC1CCN(C(C)C)CC1.I. The Bertz CT molecular complexity index is 637. The van der Waals surface area contributed by atoms with Gasteiger partial charge in [0, 0.05) is 51.9 Å². The van der Waals surface area contributed by atoms with Crippen LogP contribution in [0.2, 0.25) is 0 Å². The van der Waals surface area contributed by atoms with Gasteiger partial charge in [0.05, 0.1) is 19.3 Å². The minimum absolute atomic E-state index is 0. The summed E-state index contributed by atoms with van der Waals surface area (Å²) >= 11 is 0. The van der Waals surface area contributed by atoms with Crippen LogP contribution in [0.5, 0.6) is 0 Å². The molecule has 1 atom stereocenters. The van der Waals surface area contributed by atoms with Gasteiger partial charge in [-0.25, -0.2) is 0 Å². The van der Waals surface area contributed by atoms with Crippen molar-refractivity contribution in [3.8, 4) is 0 Å². The molecule has 2 N–H and O–H groups in total. The summed E-state index contributed by atoms with van der Waals surface area (Å²) in [4.78, 5) is 9.58. The Morgan fingerprint density at radius 3 is 2.27 bits per heavy atom. The highest BCUT2D eigenvalue weighted by molar-refractivity contribution is 14.0. The Morgan fingerprint density at radius 2 is 1.70 bits per heavy atom. The predicted octanol–water partition coefficient (Wildman–Crippen LogP) is 3.02. The van der Waals surface area contributed by atoms with E-state index in [1.807, 2.05) is 7.05 Å². The van der Waals surface area contributed by atoms with Crippen LogP contribution >= 0.6 is 24.0 Å². The van der Waals surface area contributed by atoms with E-state index in [9.17, 15) is 0 Å². The van der Waals surface area contributed by atoms with Gasteiger partial charge in [0.15, 0.2) is 5.96 Å². The molecule has 0 spiro atoms. The summed E-state index contributed by atoms with van der Waals surface area (Å²) in [5.41, 5.74) is 2.65. The maximum absolute atomic E-state index is 5.58. The number of guanidine groups is 1. The van der Waals surface area contributed by atoms with Crippen LogP contribution in [0.25, 0.3) is 0 Å². The van der Waals surface area contributed by atoms with Gasteiger partial charge in [0.1, 0.15) is 0 Å². The fourth-order valence-electron chi connectivity index (χ4n) is 4.28. The first kappa shape index (κ1) is 25.4. The van der Waals surface area contributed by atoms with Gasteiger partial charge in [-0.1, -0.05) is 29.8 Å². The second-order valence-corrected chi connectivity index (χ2v) is 8.58. The third-order valence-corrected chi connectivity index (χ3v) is 6.24. The number of piperidine rings is 1. The second kappa shape index (κ2) is 12.8. The lowest BCUT2D eigenvalue weighted by atomic mass is 10.0. The number of aliphatic imine (C=N–C) groups is 1. The van der Waals surface area contributed by atoms with E-state index in [1.165, 1.54) is 24.0 Å². The van der Waals surface area contributed by atoms with Gasteiger partial charge in [-0.2, -0.15) is 0 Å². The van der Waals surface area contributed by atoms with E-state index in [0.717, 1.165) is 51.9 Å². The van der Waals surface area contributed by atoms with Gasteiger partial charge in [-0.3, -0.25) is 9.89 Å². The monoisotopic (exact) mass is 529 g/mol. The molecule has 2 aliphatic rings. The Labute approximate surface area is 199 Å². The molecular formula is C23H40IN5O. The van der Waals surface area contributed by atoms with Crippen LogP contribution in [-0.2, 0) is 4.74 Å². The number of aryl methyl sites for hydroxylation is 1. The van der Waals surface area contributed by atoms with Crippen molar-refractivity contribution in [1.82, 2.24) is 20.4 Å². The van der Waals surface area contributed by atoms with Crippen LogP contribution in [0.3, 0.4) is 0 Å². The molecule has 2 heterocycles. The number of nitrogens with one attached hydrogen (secondary N) is 2. The summed E-state index contributed by atoms with van der Waals surface area (Å²) in [6.45, 7) is 13.4. The van der Waals surface area contributed by atoms with Crippen molar-refractivity contribution in [3.05, 3.63) is 35.4 Å². The highest BCUT2D eigenvalue weighted by Crippen LogP contribution is 2.22. The number of halogens is 1. The van der Waals surface area contributed by atoms with Crippen molar-refractivity contribution in [2.24, 2.45) is 4.99 Å². The van der Waals surface area contributed by atoms with E-state index >= 15 is 0 Å². The van der Waals surface area contributed by atoms with E-state index in [1.54, 1.807) is 0 Å². The zero-order valence-electron chi connectivity index (χ0n) is 19.1. The fraction of sp³-hybridized carbons (Fsp3) is 0.696. The van der Waals surface area contributed by atoms with Gasteiger partial charge < -0.3 is 20.3 Å². The standard InChI is InChI=1S/C23H39N5O.HI/c1-18(2)27-11-9-21(10-12-27)26-23(24-4)25-17-22(28-13-15-29-16-14-28)20-7-5-19(3)6-8-20;/h5-8,18,21-22H,9-17H2,1-4H3,(H2,24,25,26);1H. The summed E-state index contributed by atoms with van der Waals surface area (Å²) in [7, 11) is 1.87. The molecule has 2 aliphatic heterocycles. The van der Waals surface area contributed by atoms with Gasteiger partial charge in [0.2, 0.25) is 0 Å². The number of ether oxygens (including phenoxy) is 1. The summed E-state index contributed by atoms with van der Waals surface area (Å²) in [5, 5.41) is 7.26. The van der Waals surface area contributed by atoms with Crippen LogP contribution in [0.1, 0.15) is 43.9 Å². The average Bonchev–Trinajstić information content (AvgIpc) is 2.75. The molecule has 1 aromatic rings. The Balaban J connectivity index is 0.00000320. The molecule has 0 aromatic heterocycles. The Kier molecular flexibility index (Phi) is 10.8. The lowest BCUT2D eigenvalue weighted by Crippen LogP contribution is -2.51. The summed E-state index contributed by atoms with van der Waals surface area (Å²) in [5.74, 6) is 0.915. The first-order valence-electron chi connectivity index (χ1n) is 11.2. The first-order chi connectivity index (χ1) is 14.1. The molecular weight excluding hydrogens is 489 g/mol. The Hall–Kier alpha value is -0.900. The third kappa shape index (κ3) is 7.35. The van der Waals surface area contributed by atoms with Gasteiger partial charge in [-0.15, -0.1) is 24.0 Å². The molecule has 6 nitrogen and oxygen atoms in total. The zero-order chi connectivity index (χ0) is 20.6. The highest BCUT2D eigenvalue weighted by atomic mass is 127. The van der Waals surface area contributed by atoms with Crippen LogP contribution in [0.4, 0.5) is 0 Å². The molecule has 170 valence electrons. The lowest BCUT2D eigenvalue weighted by Gasteiger charge is -2.37. The van der Waals surface area contributed by atoms with E-state index < -0.39 is 0 Å². The molecule has 0 aliphatic carbocycles. The minimum Gasteiger partial charge on any atom is -0.379 e. The topological polar surface area (TPSA) is 52.1 Å². The molecule has 3 rings (SSSR count). The predicted molar refractivity (Wildman–Crippen MR) is 136 cm³/mol. The minimum atomic E-state index is 0. The molecule has 1 unspecified atom stereocenters. The second-order valence-electron chi connectivity index (χ2n) is 8.58. The van der Waals surface area contributed by atoms with Crippen molar-refractivity contribution >= 4 is 29.9 Å². The number of benzene rings is 1. The first-order valence-corrected chi connectivity index (χ1v) is 11.2. The van der Waals surface area contributed by atoms with Crippen LogP contribution in [0.15, 0.2) is 29.3 Å². The smallest absolute Gasteiger partial charge is 0.191 e. The maximum atomic E-state index is 5.58. The molecule has 0 amide bonds. The molecule has 2 fully saturated rings. The molecule has 0 bridgehead atoms. The van der Waals surface area contributed by atoms with E-state index in [2.05, 4.69) is 70.5 Å². The van der Waals surface area contributed by atoms with Gasteiger partial charge >= 0.3 is 0 Å². The van der Waals surface area contributed by atoms with E-state index in [-0.39, 0.29) is 24.0 Å². The van der Waals surface area contributed by atoms with Crippen molar-refractivity contribution in [1.29, 1.82) is 0 Å². The normalized spacial score (nSPS) is 20.6. The fourth-order valence-corrected chi connectivity index (χ4v) is 4.28. The number of rotatable bonds is 6. The average molecular weight is 530 g/mol. The summed E-state index contributed by atoms with van der Waals surface area (Å²) in [6, 6.07) is 10.4. The van der Waals surface area contributed by atoms with Crippen LogP contribution in [-0.4, -0.2) is 80.8 Å². The van der Waals surface area contributed by atoms with Crippen molar-refractivity contribution < 1.29 is 4.74 Å². The molecule has 7 heteroatoms. The highest BCUT2D eigenvalue weighted by Gasteiger charge is 2.24. The van der Waals surface area contributed by atoms with Crippen molar-refractivity contribution in [2.45, 2.75) is 51.7 Å². The third-order valence-electron chi connectivity index (χ3n) is 6.24. The number of hydrogen-bond acceptors (Lipinski definition) is 4. The maximum Gasteiger partial charge on any atom is 0.191 e. The summed E-state index contributed by atoms with van der Waals surface area (Å²) in [6.07, 6.45) is 2.34. The number of nitrogens with zero attached hydrogens (tertiary/aromatic N) is 3. The van der Waals surface area contributed by atoms with Crippen molar-refractivity contribution in [3.63, 3.8) is 0 Å². The largest absolute Gasteiger partial charge is 0.379 e. The Morgan fingerprint density at radius 1 is 1.07 bits per heavy atom. The summed E-state index contributed by atoms with van der Waals surface area (Å²) < 4.78 is 5.58. The van der Waals surface area contributed by atoms with E-state index in [0.29, 0.717) is 18.1 Å². The van der Waals surface area contributed by atoms with Gasteiger partial charge in [-0.05, 0) is 39.2 Å². The van der Waals surface area contributed by atoms with E-state index in [4.69, 9.17) is 4.74 Å². The zero-order valence-corrected chi connectivity index (χ0v) is 21.4. The molecule has 0 saturated carbocycles. The number of morpholine rings is 1. The molecule has 0 radical (unpaired) electrons. The van der Waals surface area contributed by atoms with Crippen LogP contribution in [0, 0.1) is 6.92 Å². The van der Waals surface area contributed by atoms with Crippen LogP contribution < -0.4 is 10.6 Å². The quantitative estimate of drug-likeness (QED) is 0.337. The number of likely N-dealkylation sites (tertiary alicyclic amines) is 1. The lowest BCUT2D eigenvalue weighted by molar-refractivity contribution is 0.0170. The molecule has 2 saturated heterocycles. The van der Waals surface area contributed by atoms with Crippen molar-refractivity contribution in [2.75, 3.05) is 53.0 Å². The van der Waals surface area contributed by atoms with Gasteiger partial charge in [0.25, 0.3) is 0 Å². The number of hydrogen-bond donors (Lipinski definition) is 2.